The van der Waals surface area contributed by atoms with E-state index in [9.17, 15) is 31.5 Å². The van der Waals surface area contributed by atoms with E-state index in [0.29, 0.717) is 0 Å². The average molecular weight is 277 g/mol. The van der Waals surface area contributed by atoms with Crippen LogP contribution >= 0.6 is 0 Å². The van der Waals surface area contributed by atoms with Gasteiger partial charge in [-0.05, 0) is 0 Å². The molecule has 0 bridgehead atoms. The smallest absolute Gasteiger partial charge is 0.471 e. The standard InChI is InChI=1S/C8H8F5NO4/c9-7(10)18-3-1-4(5(15)16)14(2-3)6(17)8(11,12)13/h3-4,7H,1-2H2,(H,15,16)/t3-,4+/m0/s1. The highest BCUT2D eigenvalue weighted by Crippen LogP contribution is 2.28. The van der Waals surface area contributed by atoms with Crippen LogP contribution in [-0.2, 0) is 14.3 Å². The number of rotatable bonds is 3. The van der Waals surface area contributed by atoms with Crippen molar-refractivity contribution in [1.82, 2.24) is 4.90 Å². The third-order valence-corrected chi connectivity index (χ3v) is 2.35. The van der Waals surface area contributed by atoms with Crippen LogP contribution in [0.25, 0.3) is 0 Å². The first-order valence-electron chi connectivity index (χ1n) is 4.67. The number of amides is 1. The number of aliphatic carboxylic acids is 1. The van der Waals surface area contributed by atoms with Gasteiger partial charge in [0.1, 0.15) is 6.04 Å². The number of ether oxygens (including phenoxy) is 1. The molecule has 0 unspecified atom stereocenters. The number of hydrogen-bond donors (Lipinski definition) is 1. The molecule has 1 saturated heterocycles. The van der Waals surface area contributed by atoms with Crippen molar-refractivity contribution < 1.29 is 41.4 Å². The summed E-state index contributed by atoms with van der Waals surface area (Å²) in [6.45, 7) is -4.08. The van der Waals surface area contributed by atoms with E-state index in [1.54, 1.807) is 0 Å². The number of carbonyl (C=O) groups is 2. The van der Waals surface area contributed by atoms with Crippen molar-refractivity contribution in [3.63, 3.8) is 0 Å². The normalized spacial score (nSPS) is 24.7. The van der Waals surface area contributed by atoms with Crippen molar-refractivity contribution in [1.29, 1.82) is 0 Å². The number of hydrogen-bond acceptors (Lipinski definition) is 3. The van der Waals surface area contributed by atoms with Crippen molar-refractivity contribution in [3.8, 4) is 0 Å². The van der Waals surface area contributed by atoms with E-state index in [-0.39, 0.29) is 4.90 Å². The predicted molar refractivity (Wildman–Crippen MR) is 44.7 cm³/mol. The molecule has 1 aliphatic rings. The fourth-order valence-corrected chi connectivity index (χ4v) is 1.66. The molecule has 1 aliphatic heterocycles. The summed E-state index contributed by atoms with van der Waals surface area (Å²) >= 11 is 0. The summed E-state index contributed by atoms with van der Waals surface area (Å²) in [5.41, 5.74) is 0. The Bertz CT molecular complexity index is 345. The summed E-state index contributed by atoms with van der Waals surface area (Å²) in [6, 6.07) is -1.82. The lowest BCUT2D eigenvalue weighted by Crippen LogP contribution is -2.47. The number of carbonyl (C=O) groups excluding carboxylic acids is 1. The topological polar surface area (TPSA) is 66.8 Å². The Labute approximate surface area is 97.1 Å². The van der Waals surface area contributed by atoms with E-state index in [0.717, 1.165) is 0 Å². The molecular weight excluding hydrogens is 269 g/mol. The molecule has 0 saturated carbocycles. The maximum absolute atomic E-state index is 12.2. The van der Waals surface area contributed by atoms with Crippen LogP contribution < -0.4 is 0 Å². The van der Waals surface area contributed by atoms with E-state index in [1.165, 1.54) is 0 Å². The molecule has 0 spiro atoms. The van der Waals surface area contributed by atoms with Gasteiger partial charge >= 0.3 is 24.7 Å². The van der Waals surface area contributed by atoms with Gasteiger partial charge in [-0.15, -0.1) is 0 Å². The molecule has 0 aliphatic carbocycles. The Kier molecular flexibility index (Phi) is 4.09. The zero-order valence-corrected chi connectivity index (χ0v) is 8.66. The maximum Gasteiger partial charge on any atom is 0.471 e. The van der Waals surface area contributed by atoms with Crippen molar-refractivity contribution in [3.05, 3.63) is 0 Å². The third-order valence-electron chi connectivity index (χ3n) is 2.35. The highest BCUT2D eigenvalue weighted by molar-refractivity contribution is 5.87. The van der Waals surface area contributed by atoms with E-state index in [4.69, 9.17) is 5.11 Å². The van der Waals surface area contributed by atoms with Gasteiger partial charge in [-0.2, -0.15) is 22.0 Å². The number of likely N-dealkylation sites (tertiary alicyclic amines) is 1. The van der Waals surface area contributed by atoms with Crippen LogP contribution in [0.2, 0.25) is 0 Å². The molecule has 1 N–H and O–H groups in total. The van der Waals surface area contributed by atoms with Gasteiger partial charge in [-0.1, -0.05) is 0 Å². The molecule has 2 atom stereocenters. The van der Waals surface area contributed by atoms with Crippen molar-refractivity contribution >= 4 is 11.9 Å². The van der Waals surface area contributed by atoms with Crippen molar-refractivity contribution in [2.45, 2.75) is 31.4 Å². The van der Waals surface area contributed by atoms with E-state index < -0.39 is 49.8 Å². The Morgan fingerprint density at radius 2 is 1.89 bits per heavy atom. The summed E-state index contributed by atoms with van der Waals surface area (Å²) in [4.78, 5) is 21.6. The third kappa shape index (κ3) is 3.28. The van der Waals surface area contributed by atoms with Gasteiger partial charge in [0, 0.05) is 13.0 Å². The molecule has 1 heterocycles. The first-order chi connectivity index (χ1) is 8.12. The Balaban J connectivity index is 2.82. The zero-order chi connectivity index (χ0) is 14.1. The number of nitrogens with zero attached hydrogens (tertiary/aromatic N) is 1. The summed E-state index contributed by atoms with van der Waals surface area (Å²) in [7, 11) is 0. The number of alkyl halides is 5. The molecule has 1 fully saturated rings. The van der Waals surface area contributed by atoms with Crippen LogP contribution in [0.15, 0.2) is 0 Å². The monoisotopic (exact) mass is 277 g/mol. The van der Waals surface area contributed by atoms with Crippen LogP contribution in [-0.4, -0.2) is 53.4 Å². The predicted octanol–water partition coefficient (Wildman–Crippen LogP) is 0.842. The SMILES string of the molecule is O=C(O)[C@H]1C[C@H](OC(F)F)CN1C(=O)C(F)(F)F. The number of carboxylic acids is 1. The van der Waals surface area contributed by atoms with Crippen LogP contribution in [0.3, 0.4) is 0 Å². The quantitative estimate of drug-likeness (QED) is 0.776. The van der Waals surface area contributed by atoms with Crippen LogP contribution in [0.1, 0.15) is 6.42 Å². The van der Waals surface area contributed by atoms with Crippen LogP contribution in [0.4, 0.5) is 22.0 Å². The lowest BCUT2D eigenvalue weighted by Gasteiger charge is -2.22. The van der Waals surface area contributed by atoms with E-state index >= 15 is 0 Å². The molecule has 1 amide bonds. The summed E-state index contributed by atoms with van der Waals surface area (Å²) in [5, 5.41) is 8.65. The average Bonchev–Trinajstić information content (AvgIpc) is 2.57. The lowest BCUT2D eigenvalue weighted by molar-refractivity contribution is -0.189. The number of halogens is 5. The molecule has 0 aromatic heterocycles. The molecule has 0 aromatic carbocycles. The number of carboxylic acid groups (broad SMARTS) is 1. The van der Waals surface area contributed by atoms with Crippen molar-refractivity contribution in [2.75, 3.05) is 6.54 Å². The molecule has 10 heteroatoms. The first-order valence-corrected chi connectivity index (χ1v) is 4.67. The second-order valence-electron chi connectivity index (χ2n) is 3.56. The van der Waals surface area contributed by atoms with Gasteiger partial charge in [0.2, 0.25) is 0 Å². The summed E-state index contributed by atoms with van der Waals surface area (Å²) in [5.74, 6) is -4.08. The first kappa shape index (κ1) is 14.6. The second-order valence-corrected chi connectivity index (χ2v) is 3.56. The molecule has 0 aromatic rings. The van der Waals surface area contributed by atoms with Gasteiger partial charge in [-0.3, -0.25) is 4.79 Å². The second kappa shape index (κ2) is 5.04. The van der Waals surface area contributed by atoms with Gasteiger partial charge in [0.15, 0.2) is 0 Å². The van der Waals surface area contributed by atoms with Crippen molar-refractivity contribution in [2.24, 2.45) is 0 Å². The zero-order valence-electron chi connectivity index (χ0n) is 8.66. The molecule has 18 heavy (non-hydrogen) atoms. The minimum absolute atomic E-state index is 0.0185. The highest BCUT2D eigenvalue weighted by Gasteiger charge is 2.50. The van der Waals surface area contributed by atoms with Gasteiger partial charge in [0.05, 0.1) is 6.10 Å². The lowest BCUT2D eigenvalue weighted by atomic mass is 10.2. The molecule has 0 radical (unpaired) electrons. The fraction of sp³-hybridized carbons (Fsp3) is 0.750. The van der Waals surface area contributed by atoms with E-state index in [2.05, 4.69) is 4.74 Å². The Morgan fingerprint density at radius 1 is 1.33 bits per heavy atom. The van der Waals surface area contributed by atoms with E-state index in [1.807, 2.05) is 0 Å². The molecular formula is C8H8F5NO4. The summed E-state index contributed by atoms with van der Waals surface area (Å²) < 4.78 is 64.2. The molecule has 1 rings (SSSR count). The Morgan fingerprint density at radius 3 is 2.28 bits per heavy atom. The minimum Gasteiger partial charge on any atom is -0.480 e. The fourth-order valence-electron chi connectivity index (χ4n) is 1.66. The largest absolute Gasteiger partial charge is 0.480 e. The minimum atomic E-state index is -5.26. The maximum atomic E-state index is 12.2. The highest BCUT2D eigenvalue weighted by atomic mass is 19.4. The van der Waals surface area contributed by atoms with Gasteiger partial charge in [-0.25, -0.2) is 4.79 Å². The van der Waals surface area contributed by atoms with Gasteiger partial charge in [0.25, 0.3) is 0 Å². The Hall–Kier alpha value is -1.45. The van der Waals surface area contributed by atoms with Crippen LogP contribution in [0, 0.1) is 0 Å². The molecule has 5 nitrogen and oxygen atoms in total. The van der Waals surface area contributed by atoms with Gasteiger partial charge < -0.3 is 14.7 Å². The summed E-state index contributed by atoms with van der Waals surface area (Å²) in [6.07, 6.45) is -7.30. The molecule has 104 valence electrons. The van der Waals surface area contributed by atoms with Crippen LogP contribution in [0.5, 0.6) is 0 Å².